The fourth-order valence-corrected chi connectivity index (χ4v) is 3.10. The van der Waals surface area contributed by atoms with Crippen LogP contribution in [0.1, 0.15) is 29.6 Å². The number of hydrogen-bond donors (Lipinski definition) is 1. The smallest absolute Gasteiger partial charge is 0.255 e. The summed E-state index contributed by atoms with van der Waals surface area (Å²) in [6, 6.07) is 5.04. The lowest BCUT2D eigenvalue weighted by Crippen LogP contribution is -2.39. The zero-order chi connectivity index (χ0) is 14.5. The molecule has 1 heterocycles. The molecule has 110 valence electrons. The number of nitrogens with one attached hydrogen (secondary N) is 1. The average Bonchev–Trinajstić information content (AvgIpc) is 2.45. The second-order valence-corrected chi connectivity index (χ2v) is 6.10. The number of nitrogens with zero attached hydrogens (tertiary/aromatic N) is 1. The van der Waals surface area contributed by atoms with Gasteiger partial charge in [0.1, 0.15) is 0 Å². The van der Waals surface area contributed by atoms with E-state index in [2.05, 4.69) is 5.32 Å². The monoisotopic (exact) mass is 314 g/mol. The van der Waals surface area contributed by atoms with Gasteiger partial charge in [0.15, 0.2) is 0 Å². The largest absolute Gasteiger partial charge is 0.339 e. The Morgan fingerprint density at radius 3 is 2.65 bits per heavy atom. The highest BCUT2D eigenvalue weighted by atomic mass is 35.5. The topological polar surface area (TPSA) is 32.3 Å². The van der Waals surface area contributed by atoms with Crippen LogP contribution < -0.4 is 5.32 Å². The van der Waals surface area contributed by atoms with Crippen LogP contribution in [0.25, 0.3) is 0 Å². The number of halogens is 2. The molecule has 0 saturated carbocycles. The summed E-state index contributed by atoms with van der Waals surface area (Å²) in [6.45, 7) is 2.67. The number of piperidine rings is 1. The summed E-state index contributed by atoms with van der Waals surface area (Å²) >= 11 is 12.0. The lowest BCUT2D eigenvalue weighted by atomic mass is 9.93. The number of hydrogen-bond acceptors (Lipinski definition) is 2. The maximum atomic E-state index is 12.4. The van der Waals surface area contributed by atoms with Crippen molar-refractivity contribution in [3.8, 4) is 0 Å². The van der Waals surface area contributed by atoms with Crippen LogP contribution in [0, 0.1) is 5.92 Å². The van der Waals surface area contributed by atoms with Gasteiger partial charge in [-0.1, -0.05) is 23.2 Å². The van der Waals surface area contributed by atoms with Crippen LogP contribution in [0.15, 0.2) is 18.2 Å². The van der Waals surface area contributed by atoms with Gasteiger partial charge in [0.25, 0.3) is 5.91 Å². The maximum absolute atomic E-state index is 12.4. The highest BCUT2D eigenvalue weighted by Crippen LogP contribution is 2.25. The SMILES string of the molecule is CNCCC1CCN(C(=O)c2ccc(Cl)cc2Cl)CC1. The molecule has 1 aliphatic heterocycles. The molecule has 20 heavy (non-hydrogen) atoms. The first-order chi connectivity index (χ1) is 9.61. The number of carbonyl (C=O) groups excluding carboxylic acids is 1. The van der Waals surface area contributed by atoms with E-state index in [1.807, 2.05) is 11.9 Å². The molecule has 0 unspecified atom stereocenters. The number of likely N-dealkylation sites (tertiary alicyclic amines) is 1. The summed E-state index contributed by atoms with van der Waals surface area (Å²) in [5.41, 5.74) is 0.546. The number of rotatable bonds is 4. The van der Waals surface area contributed by atoms with Crippen molar-refractivity contribution in [2.24, 2.45) is 5.92 Å². The zero-order valence-electron chi connectivity index (χ0n) is 11.7. The van der Waals surface area contributed by atoms with Crippen molar-refractivity contribution in [1.82, 2.24) is 10.2 Å². The highest BCUT2D eigenvalue weighted by Gasteiger charge is 2.24. The number of benzene rings is 1. The van der Waals surface area contributed by atoms with E-state index in [1.54, 1.807) is 18.2 Å². The molecular formula is C15H20Cl2N2O. The van der Waals surface area contributed by atoms with Crippen LogP contribution in [0.3, 0.4) is 0 Å². The van der Waals surface area contributed by atoms with Crippen LogP contribution in [0.2, 0.25) is 10.0 Å². The van der Waals surface area contributed by atoms with E-state index in [4.69, 9.17) is 23.2 Å². The Hall–Kier alpha value is -0.770. The van der Waals surface area contributed by atoms with Crippen molar-refractivity contribution < 1.29 is 4.79 Å². The van der Waals surface area contributed by atoms with Crippen LogP contribution in [-0.4, -0.2) is 37.5 Å². The first kappa shape index (κ1) is 15.6. The summed E-state index contributed by atoms with van der Waals surface area (Å²) in [6.07, 6.45) is 3.32. The molecule has 1 saturated heterocycles. The summed E-state index contributed by atoms with van der Waals surface area (Å²) in [7, 11) is 1.97. The molecule has 0 spiro atoms. The van der Waals surface area contributed by atoms with Gasteiger partial charge < -0.3 is 10.2 Å². The first-order valence-electron chi connectivity index (χ1n) is 7.00. The Bertz CT molecular complexity index is 471. The quantitative estimate of drug-likeness (QED) is 0.923. The maximum Gasteiger partial charge on any atom is 0.255 e. The average molecular weight is 315 g/mol. The predicted molar refractivity (Wildman–Crippen MR) is 83.6 cm³/mol. The van der Waals surface area contributed by atoms with Gasteiger partial charge in [-0.15, -0.1) is 0 Å². The number of carbonyl (C=O) groups is 1. The summed E-state index contributed by atoms with van der Waals surface area (Å²) < 4.78 is 0. The van der Waals surface area contributed by atoms with E-state index in [0.717, 1.165) is 32.5 Å². The number of amides is 1. The lowest BCUT2D eigenvalue weighted by Gasteiger charge is -2.32. The zero-order valence-corrected chi connectivity index (χ0v) is 13.2. The lowest BCUT2D eigenvalue weighted by molar-refractivity contribution is 0.0687. The van der Waals surface area contributed by atoms with Crippen molar-refractivity contribution in [2.45, 2.75) is 19.3 Å². The summed E-state index contributed by atoms with van der Waals surface area (Å²) in [5.74, 6) is 0.728. The molecule has 3 nitrogen and oxygen atoms in total. The van der Waals surface area contributed by atoms with Gasteiger partial charge in [0.2, 0.25) is 0 Å². The molecule has 0 radical (unpaired) electrons. The highest BCUT2D eigenvalue weighted by molar-refractivity contribution is 6.36. The normalized spacial score (nSPS) is 16.4. The Morgan fingerprint density at radius 1 is 1.35 bits per heavy atom. The summed E-state index contributed by atoms with van der Waals surface area (Å²) in [5, 5.41) is 4.16. The van der Waals surface area contributed by atoms with E-state index in [9.17, 15) is 4.79 Å². The van der Waals surface area contributed by atoms with Crippen molar-refractivity contribution in [3.05, 3.63) is 33.8 Å². The molecule has 0 bridgehead atoms. The molecule has 5 heteroatoms. The van der Waals surface area contributed by atoms with Gasteiger partial charge in [-0.25, -0.2) is 0 Å². The van der Waals surface area contributed by atoms with Gasteiger partial charge >= 0.3 is 0 Å². The second kappa shape index (κ2) is 7.30. The fraction of sp³-hybridized carbons (Fsp3) is 0.533. The molecule has 0 aliphatic carbocycles. The minimum absolute atomic E-state index is 0.0127. The van der Waals surface area contributed by atoms with Crippen molar-refractivity contribution in [1.29, 1.82) is 0 Å². The first-order valence-corrected chi connectivity index (χ1v) is 7.76. The second-order valence-electron chi connectivity index (χ2n) is 5.25. The van der Waals surface area contributed by atoms with Gasteiger partial charge in [-0.2, -0.15) is 0 Å². The Balaban J connectivity index is 1.94. The van der Waals surface area contributed by atoms with E-state index in [1.165, 1.54) is 6.42 Å². The Labute approximate surface area is 130 Å². The van der Waals surface area contributed by atoms with Gasteiger partial charge in [-0.05, 0) is 57.0 Å². The molecule has 0 atom stereocenters. The fourth-order valence-electron chi connectivity index (χ4n) is 2.61. The third kappa shape index (κ3) is 3.87. The van der Waals surface area contributed by atoms with Crippen molar-refractivity contribution in [3.63, 3.8) is 0 Å². The van der Waals surface area contributed by atoms with Crippen LogP contribution in [0.5, 0.6) is 0 Å². The minimum Gasteiger partial charge on any atom is -0.339 e. The van der Waals surface area contributed by atoms with E-state index in [0.29, 0.717) is 21.5 Å². The molecule has 1 aromatic carbocycles. The molecule has 2 rings (SSSR count). The van der Waals surface area contributed by atoms with Crippen LogP contribution >= 0.6 is 23.2 Å². The van der Waals surface area contributed by atoms with E-state index in [-0.39, 0.29) is 5.91 Å². The Kier molecular flexibility index (Phi) is 5.70. The van der Waals surface area contributed by atoms with Gasteiger partial charge in [0.05, 0.1) is 10.6 Å². The van der Waals surface area contributed by atoms with Crippen molar-refractivity contribution in [2.75, 3.05) is 26.7 Å². The third-order valence-corrected chi connectivity index (χ3v) is 4.41. The van der Waals surface area contributed by atoms with Gasteiger partial charge in [-0.3, -0.25) is 4.79 Å². The molecule has 1 aliphatic rings. The van der Waals surface area contributed by atoms with E-state index >= 15 is 0 Å². The predicted octanol–water partition coefficient (Wildman–Crippen LogP) is 3.46. The molecule has 0 aromatic heterocycles. The summed E-state index contributed by atoms with van der Waals surface area (Å²) in [4.78, 5) is 14.3. The van der Waals surface area contributed by atoms with Gasteiger partial charge in [0, 0.05) is 18.1 Å². The third-order valence-electron chi connectivity index (χ3n) is 3.87. The van der Waals surface area contributed by atoms with Crippen molar-refractivity contribution >= 4 is 29.1 Å². The Morgan fingerprint density at radius 2 is 2.05 bits per heavy atom. The van der Waals surface area contributed by atoms with Crippen LogP contribution in [0.4, 0.5) is 0 Å². The van der Waals surface area contributed by atoms with E-state index < -0.39 is 0 Å². The molecular weight excluding hydrogens is 295 g/mol. The molecule has 1 amide bonds. The molecule has 1 fully saturated rings. The standard InChI is InChI=1S/C15H20Cl2N2O/c1-18-7-4-11-5-8-19(9-6-11)15(20)13-3-2-12(16)10-14(13)17/h2-3,10-11,18H,4-9H2,1H3. The minimum atomic E-state index is 0.0127. The molecule has 1 aromatic rings. The van der Waals surface area contributed by atoms with Crippen LogP contribution in [-0.2, 0) is 0 Å². The molecule has 1 N–H and O–H groups in total.